The van der Waals surface area contributed by atoms with E-state index >= 15 is 0 Å². The number of nitrogens with one attached hydrogen (secondary N) is 2. The molecule has 0 atom stereocenters. The standard InChI is InChI=1S/C16H16ClN3O6S/c1-9-13(17)7-12(8-15(9)20(22)23)27(24,25)19-14-6-11(18-10(2)21)4-5-16(14)26-3/h4-8,19H,1-3H3,(H,18,21). The number of nitrogens with zero attached hydrogens (tertiary/aromatic N) is 1. The van der Waals surface area contributed by atoms with Crippen molar-refractivity contribution in [1.82, 2.24) is 0 Å². The average molecular weight is 414 g/mol. The molecule has 0 aliphatic carbocycles. The Balaban J connectivity index is 2.50. The molecular weight excluding hydrogens is 398 g/mol. The van der Waals surface area contributed by atoms with Crippen molar-refractivity contribution < 1.29 is 22.9 Å². The molecule has 11 heteroatoms. The first-order valence-electron chi connectivity index (χ1n) is 7.48. The molecule has 0 radical (unpaired) electrons. The molecule has 0 aliphatic rings. The third kappa shape index (κ3) is 4.66. The maximum atomic E-state index is 12.7. The van der Waals surface area contributed by atoms with Crippen LogP contribution in [0.3, 0.4) is 0 Å². The van der Waals surface area contributed by atoms with Gasteiger partial charge in [-0.1, -0.05) is 11.6 Å². The van der Waals surface area contributed by atoms with Crippen molar-refractivity contribution in [3.63, 3.8) is 0 Å². The first kappa shape index (κ1) is 20.5. The lowest BCUT2D eigenvalue weighted by Crippen LogP contribution is -2.15. The molecule has 1 amide bonds. The zero-order valence-electron chi connectivity index (χ0n) is 14.6. The summed E-state index contributed by atoms with van der Waals surface area (Å²) < 4.78 is 32.8. The molecular formula is C16H16ClN3O6S. The summed E-state index contributed by atoms with van der Waals surface area (Å²) >= 11 is 5.94. The smallest absolute Gasteiger partial charge is 0.275 e. The Hall–Kier alpha value is -2.85. The molecule has 0 saturated heterocycles. The van der Waals surface area contributed by atoms with Crippen LogP contribution in [0.15, 0.2) is 35.2 Å². The third-order valence-corrected chi connectivity index (χ3v) is 5.30. The summed E-state index contributed by atoms with van der Waals surface area (Å²) in [5.74, 6) is -0.143. The maximum absolute atomic E-state index is 12.7. The number of nitro benzene ring substituents is 1. The van der Waals surface area contributed by atoms with Crippen LogP contribution < -0.4 is 14.8 Å². The Morgan fingerprint density at radius 1 is 1.26 bits per heavy atom. The number of sulfonamides is 1. The number of rotatable bonds is 6. The summed E-state index contributed by atoms with van der Waals surface area (Å²) in [5, 5.41) is 13.6. The number of hydrogen-bond acceptors (Lipinski definition) is 6. The fourth-order valence-electron chi connectivity index (χ4n) is 2.26. The van der Waals surface area contributed by atoms with Crippen LogP contribution in [-0.2, 0) is 14.8 Å². The zero-order valence-corrected chi connectivity index (χ0v) is 16.1. The molecule has 0 unspecified atom stereocenters. The van der Waals surface area contributed by atoms with E-state index in [1.807, 2.05) is 0 Å². The molecule has 2 N–H and O–H groups in total. The van der Waals surface area contributed by atoms with Gasteiger partial charge in [0.1, 0.15) is 5.75 Å². The highest BCUT2D eigenvalue weighted by molar-refractivity contribution is 7.92. The molecule has 0 fully saturated rings. The molecule has 0 aliphatic heterocycles. The molecule has 0 saturated carbocycles. The van der Waals surface area contributed by atoms with E-state index in [0.717, 1.165) is 12.1 Å². The lowest BCUT2D eigenvalue weighted by molar-refractivity contribution is -0.385. The summed E-state index contributed by atoms with van der Waals surface area (Å²) in [6, 6.07) is 6.41. The zero-order chi connectivity index (χ0) is 20.4. The minimum Gasteiger partial charge on any atom is -0.495 e. The first-order valence-corrected chi connectivity index (χ1v) is 9.34. The van der Waals surface area contributed by atoms with Crippen molar-refractivity contribution in [3.8, 4) is 5.75 Å². The Labute approximate surface area is 160 Å². The molecule has 144 valence electrons. The molecule has 0 aromatic heterocycles. The van der Waals surface area contributed by atoms with Crippen LogP contribution >= 0.6 is 11.6 Å². The fourth-order valence-corrected chi connectivity index (χ4v) is 3.64. The quantitative estimate of drug-likeness (QED) is 0.552. The minimum absolute atomic E-state index is 0.0445. The van der Waals surface area contributed by atoms with E-state index in [-0.39, 0.29) is 32.8 Å². The van der Waals surface area contributed by atoms with Gasteiger partial charge in [-0.25, -0.2) is 8.42 Å². The number of carbonyl (C=O) groups is 1. The Kier molecular flexibility index (Phi) is 5.91. The fraction of sp³-hybridized carbons (Fsp3) is 0.188. The SMILES string of the molecule is COc1ccc(NC(C)=O)cc1NS(=O)(=O)c1cc(Cl)c(C)c([N+](=O)[O-])c1. The average Bonchev–Trinajstić information content (AvgIpc) is 2.56. The Morgan fingerprint density at radius 3 is 2.48 bits per heavy atom. The number of methoxy groups -OCH3 is 1. The highest BCUT2D eigenvalue weighted by Crippen LogP contribution is 2.33. The van der Waals surface area contributed by atoms with Crippen LogP contribution in [-0.4, -0.2) is 26.4 Å². The lowest BCUT2D eigenvalue weighted by atomic mass is 10.2. The number of benzene rings is 2. The van der Waals surface area contributed by atoms with Gasteiger partial charge in [0.15, 0.2) is 0 Å². The van der Waals surface area contributed by atoms with E-state index in [4.69, 9.17) is 16.3 Å². The highest BCUT2D eigenvalue weighted by atomic mass is 35.5. The van der Waals surface area contributed by atoms with Gasteiger partial charge in [0, 0.05) is 24.2 Å². The highest BCUT2D eigenvalue weighted by Gasteiger charge is 2.23. The van der Waals surface area contributed by atoms with Gasteiger partial charge in [-0.15, -0.1) is 0 Å². The van der Waals surface area contributed by atoms with Gasteiger partial charge in [-0.2, -0.15) is 0 Å². The molecule has 9 nitrogen and oxygen atoms in total. The number of amides is 1. The van der Waals surface area contributed by atoms with E-state index in [2.05, 4.69) is 10.0 Å². The Morgan fingerprint density at radius 2 is 1.93 bits per heavy atom. The maximum Gasteiger partial charge on any atom is 0.275 e. The van der Waals surface area contributed by atoms with Crippen molar-refractivity contribution in [1.29, 1.82) is 0 Å². The van der Waals surface area contributed by atoms with E-state index in [0.29, 0.717) is 5.69 Å². The number of nitro groups is 1. The molecule has 0 spiro atoms. The normalized spacial score (nSPS) is 11.0. The van der Waals surface area contributed by atoms with Gasteiger partial charge >= 0.3 is 0 Å². The van der Waals surface area contributed by atoms with Gasteiger partial charge < -0.3 is 10.1 Å². The van der Waals surface area contributed by atoms with Gasteiger partial charge in [0.2, 0.25) is 5.91 Å². The third-order valence-electron chi connectivity index (χ3n) is 3.56. The van der Waals surface area contributed by atoms with E-state index in [9.17, 15) is 23.3 Å². The van der Waals surface area contributed by atoms with Crippen LogP contribution in [0.1, 0.15) is 12.5 Å². The summed E-state index contributed by atoms with van der Waals surface area (Å²) in [4.78, 5) is 21.2. The predicted molar refractivity (Wildman–Crippen MR) is 101 cm³/mol. The second-order valence-corrected chi connectivity index (χ2v) is 7.60. The lowest BCUT2D eigenvalue weighted by Gasteiger charge is -2.14. The van der Waals surface area contributed by atoms with Crippen LogP contribution in [0, 0.1) is 17.0 Å². The number of hydrogen-bond donors (Lipinski definition) is 2. The number of anilines is 2. The molecule has 2 aromatic carbocycles. The molecule has 27 heavy (non-hydrogen) atoms. The van der Waals surface area contributed by atoms with Crippen molar-refractivity contribution in [3.05, 3.63) is 51.0 Å². The minimum atomic E-state index is -4.22. The number of ether oxygens (including phenoxy) is 1. The Bertz CT molecular complexity index is 1020. The van der Waals surface area contributed by atoms with Crippen LogP contribution in [0.5, 0.6) is 5.75 Å². The van der Waals surface area contributed by atoms with Crippen LogP contribution in [0.2, 0.25) is 5.02 Å². The monoisotopic (exact) mass is 413 g/mol. The predicted octanol–water partition coefficient (Wildman–Crippen LogP) is 3.32. The van der Waals surface area contributed by atoms with Crippen LogP contribution in [0.25, 0.3) is 0 Å². The summed E-state index contributed by atoms with van der Waals surface area (Å²) in [5.41, 5.74) is 0.129. The topological polar surface area (TPSA) is 128 Å². The summed E-state index contributed by atoms with van der Waals surface area (Å²) in [6.45, 7) is 2.73. The van der Waals surface area contributed by atoms with Crippen LogP contribution in [0.4, 0.5) is 17.1 Å². The first-order chi connectivity index (χ1) is 12.5. The number of carbonyl (C=O) groups excluding carboxylic acids is 1. The van der Waals surface area contributed by atoms with Gasteiger partial charge in [0.25, 0.3) is 15.7 Å². The van der Waals surface area contributed by atoms with Crippen molar-refractivity contribution in [2.45, 2.75) is 18.7 Å². The second-order valence-electron chi connectivity index (χ2n) is 5.51. The second kappa shape index (κ2) is 7.80. The summed E-state index contributed by atoms with van der Waals surface area (Å²) in [6.07, 6.45) is 0. The van der Waals surface area contributed by atoms with Gasteiger partial charge in [-0.05, 0) is 31.2 Å². The number of halogens is 1. The van der Waals surface area contributed by atoms with E-state index in [1.54, 1.807) is 0 Å². The van der Waals surface area contributed by atoms with Crippen molar-refractivity contribution >= 4 is 44.6 Å². The molecule has 2 rings (SSSR count). The molecule has 0 bridgehead atoms. The van der Waals surface area contributed by atoms with Crippen molar-refractivity contribution in [2.24, 2.45) is 0 Å². The molecule has 0 heterocycles. The molecule has 2 aromatic rings. The van der Waals surface area contributed by atoms with Gasteiger partial charge in [-0.3, -0.25) is 19.6 Å². The van der Waals surface area contributed by atoms with E-state index in [1.165, 1.54) is 39.2 Å². The van der Waals surface area contributed by atoms with E-state index < -0.39 is 20.6 Å². The summed E-state index contributed by atoms with van der Waals surface area (Å²) in [7, 11) is -2.87. The largest absolute Gasteiger partial charge is 0.495 e. The van der Waals surface area contributed by atoms with Crippen molar-refractivity contribution in [2.75, 3.05) is 17.1 Å². The van der Waals surface area contributed by atoms with Gasteiger partial charge in [0.05, 0.1) is 27.6 Å².